The summed E-state index contributed by atoms with van der Waals surface area (Å²) in [7, 11) is 0. The summed E-state index contributed by atoms with van der Waals surface area (Å²) in [4.78, 5) is 17.8. The molecule has 4 atom stereocenters. The first-order valence-corrected chi connectivity index (χ1v) is 9.83. The van der Waals surface area contributed by atoms with E-state index in [0.717, 1.165) is 26.1 Å². The second-order valence-corrected chi connectivity index (χ2v) is 7.95. The van der Waals surface area contributed by atoms with E-state index >= 15 is 0 Å². The van der Waals surface area contributed by atoms with Gasteiger partial charge in [0.2, 0.25) is 5.91 Å². The van der Waals surface area contributed by atoms with Gasteiger partial charge in [0.1, 0.15) is 0 Å². The molecule has 2 heterocycles. The maximum absolute atomic E-state index is 12.9. The van der Waals surface area contributed by atoms with Crippen LogP contribution in [-0.4, -0.2) is 72.7 Å². The molecule has 2 aliphatic heterocycles. The molecule has 24 heavy (non-hydrogen) atoms. The molecule has 2 saturated heterocycles. The van der Waals surface area contributed by atoms with E-state index in [4.69, 9.17) is 4.74 Å². The maximum Gasteiger partial charge on any atom is 0.237 e. The van der Waals surface area contributed by atoms with Gasteiger partial charge >= 0.3 is 0 Å². The zero-order chi connectivity index (χ0) is 17.7. The second-order valence-electron chi connectivity index (χ2n) is 7.95. The smallest absolute Gasteiger partial charge is 0.237 e. The average molecular weight is 340 g/mol. The molecule has 2 fully saturated rings. The van der Waals surface area contributed by atoms with E-state index in [-0.39, 0.29) is 24.2 Å². The molecule has 5 heteroatoms. The molecule has 0 aliphatic carbocycles. The topological polar surface area (TPSA) is 44.8 Å². The van der Waals surface area contributed by atoms with Crippen molar-refractivity contribution in [2.24, 2.45) is 5.92 Å². The first-order chi connectivity index (χ1) is 11.4. The third kappa shape index (κ3) is 5.17. The van der Waals surface area contributed by atoms with Crippen LogP contribution in [0.25, 0.3) is 0 Å². The maximum atomic E-state index is 12.9. The number of carbonyl (C=O) groups is 1. The van der Waals surface area contributed by atoms with Crippen LogP contribution < -0.4 is 5.32 Å². The molecule has 2 rings (SSSR count). The molecule has 1 amide bonds. The van der Waals surface area contributed by atoms with Crippen molar-refractivity contribution in [3.8, 4) is 0 Å². The average Bonchev–Trinajstić information content (AvgIpc) is 3.01. The molecule has 0 bridgehead atoms. The van der Waals surface area contributed by atoms with Crippen molar-refractivity contribution < 1.29 is 9.53 Å². The summed E-state index contributed by atoms with van der Waals surface area (Å²) in [5.74, 6) is 0.485. The highest BCUT2D eigenvalue weighted by atomic mass is 16.5. The van der Waals surface area contributed by atoms with Gasteiger partial charge in [0.15, 0.2) is 0 Å². The van der Waals surface area contributed by atoms with Gasteiger partial charge in [-0.2, -0.15) is 0 Å². The lowest BCUT2D eigenvalue weighted by atomic mass is 9.99. The highest BCUT2D eigenvalue weighted by molar-refractivity contribution is 5.82. The van der Waals surface area contributed by atoms with Crippen LogP contribution >= 0.6 is 0 Å². The molecule has 0 radical (unpaired) electrons. The predicted molar refractivity (Wildman–Crippen MR) is 98.1 cm³/mol. The van der Waals surface area contributed by atoms with E-state index in [0.29, 0.717) is 12.0 Å². The molecule has 0 aromatic carbocycles. The minimum atomic E-state index is -0.0603. The summed E-state index contributed by atoms with van der Waals surface area (Å²) < 4.78 is 5.83. The summed E-state index contributed by atoms with van der Waals surface area (Å²) in [5, 5.41) is 3.26. The number of hydrogen-bond acceptors (Lipinski definition) is 4. The van der Waals surface area contributed by atoms with Crippen molar-refractivity contribution in [3.05, 3.63) is 0 Å². The van der Waals surface area contributed by atoms with E-state index < -0.39 is 0 Å². The molecule has 0 aromatic rings. The van der Waals surface area contributed by atoms with E-state index in [1.807, 2.05) is 0 Å². The highest BCUT2D eigenvalue weighted by Crippen LogP contribution is 2.19. The Morgan fingerprint density at radius 1 is 1.12 bits per heavy atom. The van der Waals surface area contributed by atoms with Gasteiger partial charge in [0, 0.05) is 25.7 Å². The van der Waals surface area contributed by atoms with E-state index in [1.165, 1.54) is 25.9 Å². The van der Waals surface area contributed by atoms with Crippen LogP contribution in [-0.2, 0) is 9.53 Å². The van der Waals surface area contributed by atoms with Gasteiger partial charge in [-0.15, -0.1) is 0 Å². The SMILES string of the molecule is CC[C@H](CNC(=O)[C@H](C(C)C)N1C[C@@H](C)O[C@@H](C)C1)N1CCCC1. The first-order valence-electron chi connectivity index (χ1n) is 9.83. The standard InChI is InChI=1S/C19H37N3O2/c1-6-17(21-9-7-8-10-21)11-20-19(23)18(14(2)3)22-12-15(4)24-16(5)13-22/h14-18H,6-13H2,1-5H3,(H,20,23)/t15-,16+,17-,18+/m1/s1. The molecule has 0 saturated carbocycles. The number of carbonyl (C=O) groups excluding carboxylic acids is 1. The molecule has 5 nitrogen and oxygen atoms in total. The molecule has 0 aromatic heterocycles. The van der Waals surface area contributed by atoms with Crippen molar-refractivity contribution in [1.82, 2.24) is 15.1 Å². The van der Waals surface area contributed by atoms with Crippen LogP contribution in [0, 0.1) is 5.92 Å². The lowest BCUT2D eigenvalue weighted by molar-refractivity contribution is -0.135. The van der Waals surface area contributed by atoms with Gasteiger partial charge in [-0.25, -0.2) is 0 Å². The fourth-order valence-electron chi connectivity index (χ4n) is 4.30. The summed E-state index contributed by atoms with van der Waals surface area (Å²) in [6, 6.07) is 0.418. The fourth-order valence-corrected chi connectivity index (χ4v) is 4.30. The zero-order valence-electron chi connectivity index (χ0n) is 16.3. The summed E-state index contributed by atoms with van der Waals surface area (Å²) >= 11 is 0. The number of likely N-dealkylation sites (tertiary alicyclic amines) is 1. The number of morpholine rings is 1. The largest absolute Gasteiger partial charge is 0.373 e. The van der Waals surface area contributed by atoms with Gasteiger partial charge in [0.25, 0.3) is 0 Å². The normalized spacial score (nSPS) is 28.9. The second kappa shape index (κ2) is 9.16. The van der Waals surface area contributed by atoms with Crippen LogP contribution in [0.3, 0.4) is 0 Å². The number of hydrogen-bond donors (Lipinski definition) is 1. The van der Waals surface area contributed by atoms with Gasteiger partial charge in [-0.3, -0.25) is 14.6 Å². The van der Waals surface area contributed by atoms with Crippen LogP contribution in [0.2, 0.25) is 0 Å². The lowest BCUT2D eigenvalue weighted by Gasteiger charge is -2.41. The Morgan fingerprint density at radius 2 is 1.71 bits per heavy atom. The fraction of sp³-hybridized carbons (Fsp3) is 0.947. The van der Waals surface area contributed by atoms with Crippen molar-refractivity contribution in [2.45, 2.75) is 78.2 Å². The number of nitrogens with zero attached hydrogens (tertiary/aromatic N) is 2. The molecule has 2 aliphatic rings. The predicted octanol–water partition coefficient (Wildman–Crippen LogP) is 2.11. The highest BCUT2D eigenvalue weighted by Gasteiger charge is 2.34. The Hall–Kier alpha value is -0.650. The minimum absolute atomic E-state index is 0.0603. The number of amides is 1. The van der Waals surface area contributed by atoms with E-state index in [9.17, 15) is 4.79 Å². The molecule has 1 N–H and O–H groups in total. The Morgan fingerprint density at radius 3 is 2.21 bits per heavy atom. The Kier molecular flexibility index (Phi) is 7.51. The van der Waals surface area contributed by atoms with Crippen molar-refractivity contribution in [2.75, 3.05) is 32.7 Å². The molecule has 0 unspecified atom stereocenters. The zero-order valence-corrected chi connectivity index (χ0v) is 16.3. The van der Waals surface area contributed by atoms with Gasteiger partial charge in [0.05, 0.1) is 18.2 Å². The Labute approximate surface area is 148 Å². The molecule has 0 spiro atoms. The Balaban J connectivity index is 1.93. The van der Waals surface area contributed by atoms with Crippen molar-refractivity contribution >= 4 is 5.91 Å². The molecular weight excluding hydrogens is 302 g/mol. The van der Waals surface area contributed by atoms with Gasteiger partial charge in [-0.05, 0) is 52.1 Å². The summed E-state index contributed by atoms with van der Waals surface area (Å²) in [6.45, 7) is 15.5. The van der Waals surface area contributed by atoms with Crippen LogP contribution in [0.1, 0.15) is 53.9 Å². The lowest BCUT2D eigenvalue weighted by Crippen LogP contribution is -2.58. The molecular formula is C19H37N3O2. The molecule has 140 valence electrons. The number of rotatable bonds is 7. The minimum Gasteiger partial charge on any atom is -0.373 e. The third-order valence-electron chi connectivity index (χ3n) is 5.38. The van der Waals surface area contributed by atoms with E-state index in [1.54, 1.807) is 0 Å². The van der Waals surface area contributed by atoms with Crippen molar-refractivity contribution in [3.63, 3.8) is 0 Å². The summed E-state index contributed by atoms with van der Waals surface area (Å²) in [6.07, 6.45) is 4.07. The monoisotopic (exact) mass is 339 g/mol. The number of ether oxygens (including phenoxy) is 1. The van der Waals surface area contributed by atoms with Crippen LogP contribution in [0.4, 0.5) is 0 Å². The quantitative estimate of drug-likeness (QED) is 0.772. The number of nitrogens with one attached hydrogen (secondary N) is 1. The third-order valence-corrected chi connectivity index (χ3v) is 5.38. The van der Waals surface area contributed by atoms with Gasteiger partial charge in [-0.1, -0.05) is 20.8 Å². The van der Waals surface area contributed by atoms with E-state index in [2.05, 4.69) is 49.7 Å². The summed E-state index contributed by atoms with van der Waals surface area (Å²) in [5.41, 5.74) is 0. The van der Waals surface area contributed by atoms with Crippen LogP contribution in [0.15, 0.2) is 0 Å². The Bertz CT molecular complexity index is 386. The van der Waals surface area contributed by atoms with Crippen molar-refractivity contribution in [1.29, 1.82) is 0 Å². The van der Waals surface area contributed by atoms with Gasteiger partial charge < -0.3 is 10.1 Å². The first kappa shape index (κ1) is 19.7. The van der Waals surface area contributed by atoms with Crippen LogP contribution in [0.5, 0.6) is 0 Å².